The zero-order valence-corrected chi connectivity index (χ0v) is 13.9. The topological polar surface area (TPSA) is 100 Å². The van der Waals surface area contributed by atoms with Crippen molar-refractivity contribution in [1.82, 2.24) is 15.2 Å². The fraction of sp³-hybridized carbons (Fsp3) is 0.312. The summed E-state index contributed by atoms with van der Waals surface area (Å²) >= 11 is 0. The van der Waals surface area contributed by atoms with Gasteiger partial charge < -0.3 is 14.6 Å². The van der Waals surface area contributed by atoms with Crippen LogP contribution < -0.4 is 9.47 Å². The number of rotatable bonds is 2. The average Bonchev–Trinajstić information content (AvgIpc) is 3.31. The zero-order chi connectivity index (χ0) is 19.4. The van der Waals surface area contributed by atoms with Gasteiger partial charge in [0.15, 0.2) is 11.5 Å². The van der Waals surface area contributed by atoms with Gasteiger partial charge in [-0.2, -0.15) is 28.4 Å². The van der Waals surface area contributed by atoms with Crippen LogP contribution in [0.5, 0.6) is 11.5 Å². The number of hydrogen-bond donors (Lipinski definition) is 2. The predicted molar refractivity (Wildman–Crippen MR) is 85.0 cm³/mol. The Labute approximate surface area is 150 Å². The van der Waals surface area contributed by atoms with Gasteiger partial charge in [0.05, 0.1) is 5.69 Å². The van der Waals surface area contributed by atoms with Crippen LogP contribution in [0.1, 0.15) is 23.8 Å². The first-order valence-corrected chi connectivity index (χ1v) is 7.82. The number of aromatic amines is 1. The largest absolute Gasteiger partial charge is 0.454 e. The van der Waals surface area contributed by atoms with Gasteiger partial charge in [-0.15, -0.1) is 0 Å². The van der Waals surface area contributed by atoms with Crippen molar-refractivity contribution in [2.75, 3.05) is 6.79 Å². The molecule has 2 aliphatic heterocycles. The molecule has 2 N–H and O–H groups in total. The van der Waals surface area contributed by atoms with Gasteiger partial charge in [-0.1, -0.05) is 0 Å². The molecule has 8 nitrogen and oxygen atoms in total. The third-order valence-electron chi connectivity index (χ3n) is 4.25. The summed E-state index contributed by atoms with van der Waals surface area (Å²) in [4.78, 5) is 12.5. The molecule has 0 bridgehead atoms. The number of carbonyl (C=O) groups is 1. The van der Waals surface area contributed by atoms with E-state index in [9.17, 15) is 23.1 Å². The lowest BCUT2D eigenvalue weighted by Crippen LogP contribution is -2.56. The number of alkyl halides is 3. The lowest BCUT2D eigenvalue weighted by atomic mass is 10.1. The molecule has 0 unspecified atom stereocenters. The fourth-order valence-corrected chi connectivity index (χ4v) is 2.90. The van der Waals surface area contributed by atoms with Gasteiger partial charge in [0.25, 0.3) is 11.6 Å². The molecule has 0 spiro atoms. The molecule has 1 amide bonds. The number of hydrazone groups is 1. The van der Waals surface area contributed by atoms with Crippen LogP contribution in [0.3, 0.4) is 0 Å². The maximum absolute atomic E-state index is 13.3. The highest BCUT2D eigenvalue weighted by Gasteiger charge is 2.62. The number of amides is 1. The molecular weight excluding hydrogens is 369 g/mol. The van der Waals surface area contributed by atoms with Gasteiger partial charge in [-0.05, 0) is 31.2 Å². The summed E-state index contributed by atoms with van der Waals surface area (Å²) in [7, 11) is 0. The Morgan fingerprint density at radius 3 is 2.78 bits per heavy atom. The van der Waals surface area contributed by atoms with Gasteiger partial charge in [0.2, 0.25) is 6.79 Å². The van der Waals surface area contributed by atoms with Crippen molar-refractivity contribution in [2.45, 2.75) is 25.2 Å². The van der Waals surface area contributed by atoms with E-state index in [2.05, 4.69) is 15.3 Å². The number of hydrogen-bond acceptors (Lipinski definition) is 6. The Morgan fingerprint density at radius 2 is 2.04 bits per heavy atom. The summed E-state index contributed by atoms with van der Waals surface area (Å²) in [5, 5.41) is 20.0. The van der Waals surface area contributed by atoms with E-state index in [-0.39, 0.29) is 23.2 Å². The molecule has 0 radical (unpaired) electrons. The molecule has 1 aromatic carbocycles. The van der Waals surface area contributed by atoms with Crippen LogP contribution in [-0.2, 0) is 0 Å². The van der Waals surface area contributed by atoms with E-state index >= 15 is 0 Å². The van der Waals surface area contributed by atoms with Crippen LogP contribution in [0, 0.1) is 0 Å². The number of nitrogens with one attached hydrogen (secondary N) is 1. The van der Waals surface area contributed by atoms with Crippen molar-refractivity contribution in [3.8, 4) is 22.8 Å². The molecule has 0 saturated heterocycles. The second kappa shape index (κ2) is 5.71. The lowest BCUT2D eigenvalue weighted by molar-refractivity contribution is -0.297. The number of benzene rings is 1. The molecule has 0 fully saturated rings. The Kier molecular flexibility index (Phi) is 3.67. The summed E-state index contributed by atoms with van der Waals surface area (Å²) in [6, 6.07) is 6.24. The standard InChI is InChI=1S/C16H13F3N4O4/c1-8-6-15(25,16(17,18)19)23(22-8)14(24)11-5-10(20-21-11)9-2-3-12-13(4-9)27-7-26-12/h2-5,25H,6-7H2,1H3,(H,20,21)/t15-/m1/s1. The first-order chi connectivity index (χ1) is 12.7. The molecule has 3 heterocycles. The van der Waals surface area contributed by atoms with Crippen molar-refractivity contribution in [3.05, 3.63) is 30.0 Å². The minimum absolute atomic E-state index is 0.0151. The molecular formula is C16H13F3N4O4. The summed E-state index contributed by atoms with van der Waals surface area (Å²) < 4.78 is 50.3. The second-order valence-corrected chi connectivity index (χ2v) is 6.18. The van der Waals surface area contributed by atoms with E-state index in [1.165, 1.54) is 13.0 Å². The summed E-state index contributed by atoms with van der Waals surface area (Å²) in [6.45, 7) is 1.39. The number of halogens is 3. The van der Waals surface area contributed by atoms with Gasteiger partial charge in [0.1, 0.15) is 5.69 Å². The van der Waals surface area contributed by atoms with E-state index in [1.807, 2.05) is 0 Å². The summed E-state index contributed by atoms with van der Waals surface area (Å²) in [5.74, 6) is -0.0940. The number of aromatic nitrogens is 2. The van der Waals surface area contributed by atoms with E-state index < -0.39 is 24.2 Å². The fourth-order valence-electron chi connectivity index (χ4n) is 2.90. The zero-order valence-electron chi connectivity index (χ0n) is 13.9. The third kappa shape index (κ3) is 2.70. The maximum atomic E-state index is 13.3. The maximum Gasteiger partial charge on any atom is 0.438 e. The van der Waals surface area contributed by atoms with Crippen molar-refractivity contribution in [3.63, 3.8) is 0 Å². The number of H-pyrrole nitrogens is 1. The highest BCUT2D eigenvalue weighted by Crippen LogP contribution is 2.41. The predicted octanol–water partition coefficient (Wildman–Crippen LogP) is 2.28. The molecule has 2 aliphatic rings. The van der Waals surface area contributed by atoms with Gasteiger partial charge in [-0.25, -0.2) is 0 Å². The van der Waals surface area contributed by atoms with Crippen molar-refractivity contribution in [1.29, 1.82) is 0 Å². The third-order valence-corrected chi connectivity index (χ3v) is 4.25. The van der Waals surface area contributed by atoms with Gasteiger partial charge >= 0.3 is 6.18 Å². The van der Waals surface area contributed by atoms with Crippen molar-refractivity contribution < 1.29 is 32.5 Å². The Balaban J connectivity index is 1.64. The van der Waals surface area contributed by atoms with Crippen molar-refractivity contribution >= 4 is 11.6 Å². The van der Waals surface area contributed by atoms with Gasteiger partial charge in [-0.3, -0.25) is 9.89 Å². The Morgan fingerprint density at radius 1 is 1.30 bits per heavy atom. The van der Waals surface area contributed by atoms with Crippen molar-refractivity contribution in [2.24, 2.45) is 5.10 Å². The van der Waals surface area contributed by atoms with Gasteiger partial charge in [0, 0.05) is 17.7 Å². The highest BCUT2D eigenvalue weighted by atomic mass is 19.4. The summed E-state index contributed by atoms with van der Waals surface area (Å²) in [6.07, 6.45) is -5.88. The van der Waals surface area contributed by atoms with Crippen LogP contribution in [0.4, 0.5) is 13.2 Å². The molecule has 27 heavy (non-hydrogen) atoms. The van der Waals surface area contributed by atoms with E-state index in [1.54, 1.807) is 18.2 Å². The SMILES string of the molecule is CC1=NN(C(=O)c2cc(-c3ccc4c(c3)OCO4)n[nH]2)[C@](O)(C(F)(F)F)C1. The van der Waals surface area contributed by atoms with E-state index in [0.717, 1.165) is 0 Å². The van der Waals surface area contributed by atoms with E-state index in [4.69, 9.17) is 9.47 Å². The Bertz CT molecular complexity index is 955. The van der Waals surface area contributed by atoms with Crippen LogP contribution in [0.25, 0.3) is 11.3 Å². The first kappa shape index (κ1) is 17.3. The first-order valence-electron chi connectivity index (χ1n) is 7.82. The second-order valence-electron chi connectivity index (χ2n) is 6.18. The minimum atomic E-state index is -5.07. The number of nitrogens with zero attached hydrogens (tertiary/aromatic N) is 3. The quantitative estimate of drug-likeness (QED) is 0.830. The normalized spacial score (nSPS) is 21.5. The minimum Gasteiger partial charge on any atom is -0.454 e. The number of aliphatic hydroxyl groups is 1. The molecule has 142 valence electrons. The molecule has 0 aliphatic carbocycles. The molecule has 1 aromatic heterocycles. The lowest BCUT2D eigenvalue weighted by Gasteiger charge is -2.32. The smallest absolute Gasteiger partial charge is 0.438 e. The van der Waals surface area contributed by atoms with Crippen LogP contribution in [0.15, 0.2) is 29.4 Å². The highest BCUT2D eigenvalue weighted by molar-refractivity contribution is 5.97. The summed E-state index contributed by atoms with van der Waals surface area (Å²) in [5.41, 5.74) is -2.77. The molecule has 0 saturated carbocycles. The number of fused-ring (bicyclic) bond motifs is 1. The Hall–Kier alpha value is -3.08. The molecule has 2 aromatic rings. The molecule has 4 rings (SSSR count). The average molecular weight is 382 g/mol. The molecule has 11 heteroatoms. The van der Waals surface area contributed by atoms with Crippen LogP contribution >= 0.6 is 0 Å². The monoisotopic (exact) mass is 382 g/mol. The van der Waals surface area contributed by atoms with Crippen LogP contribution in [0.2, 0.25) is 0 Å². The molecule has 1 atom stereocenters. The van der Waals surface area contributed by atoms with E-state index in [0.29, 0.717) is 22.8 Å². The number of ether oxygens (including phenoxy) is 2. The number of carbonyl (C=O) groups excluding carboxylic acids is 1. The van der Waals surface area contributed by atoms with Crippen LogP contribution in [-0.4, -0.2) is 50.6 Å².